The third-order valence-corrected chi connectivity index (χ3v) is 3.58. The van der Waals surface area contributed by atoms with Crippen molar-refractivity contribution in [1.82, 2.24) is 0 Å². The molecule has 0 heterocycles. The van der Waals surface area contributed by atoms with E-state index in [0.29, 0.717) is 6.61 Å². The van der Waals surface area contributed by atoms with Gasteiger partial charge in [-0.1, -0.05) is 39.8 Å². The second-order valence-electron chi connectivity index (χ2n) is 6.55. The summed E-state index contributed by atoms with van der Waals surface area (Å²) in [6, 6.07) is 4.26. The van der Waals surface area contributed by atoms with Crippen LogP contribution in [0.1, 0.15) is 64.2 Å². The Hall–Kier alpha value is -1.77. The van der Waals surface area contributed by atoms with Crippen LogP contribution < -0.4 is 4.74 Å². The summed E-state index contributed by atoms with van der Waals surface area (Å²) in [6.07, 6.45) is 2.61. The summed E-state index contributed by atoms with van der Waals surface area (Å²) in [5, 5.41) is 8.94. The molecule has 3 nitrogen and oxygen atoms in total. The van der Waals surface area contributed by atoms with E-state index >= 15 is 0 Å². The normalized spacial score (nSPS) is 12.4. The zero-order chi connectivity index (χ0) is 16.9. The van der Waals surface area contributed by atoms with E-state index in [2.05, 4.69) is 39.8 Å². The first kappa shape index (κ1) is 18.3. The maximum absolute atomic E-state index is 10.9. The first-order valence-corrected chi connectivity index (χ1v) is 7.89. The average Bonchev–Trinajstić information content (AvgIpc) is 2.40. The molecule has 0 fully saturated rings. The van der Waals surface area contributed by atoms with Crippen molar-refractivity contribution in [2.24, 2.45) is 0 Å². The van der Waals surface area contributed by atoms with Gasteiger partial charge in [0.2, 0.25) is 0 Å². The van der Waals surface area contributed by atoms with Crippen LogP contribution in [0.4, 0.5) is 0 Å². The van der Waals surface area contributed by atoms with Gasteiger partial charge in [0.1, 0.15) is 5.75 Å². The van der Waals surface area contributed by atoms with Gasteiger partial charge in [-0.2, -0.15) is 0 Å². The zero-order valence-electron chi connectivity index (χ0n) is 14.6. The van der Waals surface area contributed by atoms with E-state index in [1.54, 1.807) is 6.08 Å². The lowest BCUT2D eigenvalue weighted by atomic mass is 9.82. The minimum Gasteiger partial charge on any atom is -0.493 e. The van der Waals surface area contributed by atoms with Gasteiger partial charge in [-0.15, -0.1) is 0 Å². The fourth-order valence-electron chi connectivity index (χ4n) is 2.52. The van der Waals surface area contributed by atoms with E-state index < -0.39 is 5.97 Å². The second kappa shape index (κ2) is 7.48. The maximum atomic E-state index is 10.9. The molecule has 0 amide bonds. The third kappa shape index (κ3) is 4.62. The van der Waals surface area contributed by atoms with Crippen molar-refractivity contribution in [2.45, 2.75) is 59.8 Å². The van der Waals surface area contributed by atoms with E-state index in [1.807, 2.05) is 13.8 Å². The van der Waals surface area contributed by atoms with Gasteiger partial charge in [0, 0.05) is 11.1 Å². The molecule has 0 aromatic heterocycles. The van der Waals surface area contributed by atoms with Gasteiger partial charge < -0.3 is 9.84 Å². The lowest BCUT2D eigenvalue weighted by molar-refractivity contribution is -0.135. The number of hydrogen-bond donors (Lipinski definition) is 1. The van der Waals surface area contributed by atoms with Crippen molar-refractivity contribution in [2.75, 3.05) is 6.61 Å². The number of ether oxygens (including phenoxy) is 1. The Kier molecular flexibility index (Phi) is 6.21. The van der Waals surface area contributed by atoms with E-state index in [-0.39, 0.29) is 11.8 Å². The van der Waals surface area contributed by atoms with Crippen LogP contribution in [0.15, 0.2) is 18.2 Å². The van der Waals surface area contributed by atoms with Crippen molar-refractivity contribution in [1.29, 1.82) is 0 Å². The van der Waals surface area contributed by atoms with Gasteiger partial charge in [-0.05, 0) is 42.9 Å². The second-order valence-corrected chi connectivity index (χ2v) is 6.55. The van der Waals surface area contributed by atoms with E-state index in [1.165, 1.54) is 5.56 Å². The number of hydrogen-bond acceptors (Lipinski definition) is 2. The molecule has 0 aliphatic carbocycles. The highest BCUT2D eigenvalue weighted by Crippen LogP contribution is 2.39. The molecule has 0 unspecified atom stereocenters. The van der Waals surface area contributed by atoms with Crippen molar-refractivity contribution in [3.63, 3.8) is 0 Å². The molecular formula is C19H28O3. The molecule has 1 aromatic carbocycles. The fourth-order valence-corrected chi connectivity index (χ4v) is 2.52. The molecule has 3 heteroatoms. The molecule has 0 spiro atoms. The monoisotopic (exact) mass is 304 g/mol. The van der Waals surface area contributed by atoms with Crippen LogP contribution in [0.5, 0.6) is 5.75 Å². The molecule has 0 radical (unpaired) electrons. The van der Waals surface area contributed by atoms with Gasteiger partial charge in [-0.25, -0.2) is 0 Å². The molecule has 22 heavy (non-hydrogen) atoms. The molecule has 1 N–H and O–H groups in total. The highest BCUT2D eigenvalue weighted by atomic mass is 16.5. The molecule has 1 aromatic rings. The van der Waals surface area contributed by atoms with Crippen LogP contribution in [-0.4, -0.2) is 17.7 Å². The lowest BCUT2D eigenvalue weighted by Crippen LogP contribution is -2.15. The van der Waals surface area contributed by atoms with Crippen molar-refractivity contribution in [3.8, 4) is 5.75 Å². The maximum Gasteiger partial charge on any atom is 0.307 e. The molecular weight excluding hydrogens is 276 g/mol. The quantitative estimate of drug-likeness (QED) is 0.808. The summed E-state index contributed by atoms with van der Waals surface area (Å²) in [6.45, 7) is 13.2. The molecule has 0 saturated heterocycles. The highest BCUT2D eigenvalue weighted by molar-refractivity contribution is 5.77. The average molecular weight is 304 g/mol. The number of carboxylic acid groups (broad SMARTS) is 1. The van der Waals surface area contributed by atoms with Crippen LogP contribution in [0.25, 0.3) is 5.57 Å². The topological polar surface area (TPSA) is 46.5 Å². The predicted octanol–water partition coefficient (Wildman–Crippen LogP) is 4.96. The number of carboxylic acids is 1. The van der Waals surface area contributed by atoms with Crippen molar-refractivity contribution < 1.29 is 14.6 Å². The standard InChI is InChI=1S/C19H28O3/c1-7-14(9-10-17(20)21)15-11-13(3)12-16(19(4,5)6)18(15)22-8-2/h9,11-12H,7-8,10H2,1-6H3,(H,20,21)/b14-9+. The Morgan fingerprint density at radius 1 is 1.27 bits per heavy atom. The Labute approximate surface area is 134 Å². The minimum atomic E-state index is -0.812. The summed E-state index contributed by atoms with van der Waals surface area (Å²) in [7, 11) is 0. The van der Waals surface area contributed by atoms with Crippen LogP contribution >= 0.6 is 0 Å². The fraction of sp³-hybridized carbons (Fsp3) is 0.526. The van der Waals surface area contributed by atoms with E-state index in [0.717, 1.165) is 28.9 Å². The van der Waals surface area contributed by atoms with Crippen LogP contribution in [0.3, 0.4) is 0 Å². The first-order chi connectivity index (χ1) is 10.2. The van der Waals surface area contributed by atoms with Crippen molar-refractivity contribution in [3.05, 3.63) is 34.9 Å². The Morgan fingerprint density at radius 3 is 2.36 bits per heavy atom. The number of allylic oxidation sites excluding steroid dienone is 1. The van der Waals surface area contributed by atoms with Crippen LogP contribution in [0.2, 0.25) is 0 Å². The lowest BCUT2D eigenvalue weighted by Gasteiger charge is -2.26. The molecule has 0 aliphatic heterocycles. The summed E-state index contributed by atoms with van der Waals surface area (Å²) in [5.41, 5.74) is 4.35. The Bertz CT molecular complexity index is 563. The van der Waals surface area contributed by atoms with Gasteiger partial charge in [0.15, 0.2) is 0 Å². The molecule has 0 bridgehead atoms. The van der Waals surface area contributed by atoms with Gasteiger partial charge in [0.05, 0.1) is 13.0 Å². The Morgan fingerprint density at radius 2 is 1.91 bits per heavy atom. The smallest absolute Gasteiger partial charge is 0.307 e. The number of carbonyl (C=O) groups is 1. The minimum absolute atomic E-state index is 0.0308. The van der Waals surface area contributed by atoms with Crippen LogP contribution in [-0.2, 0) is 10.2 Å². The summed E-state index contributed by atoms with van der Waals surface area (Å²) in [4.78, 5) is 10.9. The van der Waals surface area contributed by atoms with E-state index in [9.17, 15) is 4.79 Å². The molecule has 122 valence electrons. The largest absolute Gasteiger partial charge is 0.493 e. The number of rotatable bonds is 6. The molecule has 0 atom stereocenters. The van der Waals surface area contributed by atoms with Crippen LogP contribution in [0, 0.1) is 6.92 Å². The summed E-state index contributed by atoms with van der Waals surface area (Å²) in [5.74, 6) is 0.0756. The molecule has 0 aliphatic rings. The Balaban J connectivity index is 3.53. The number of aliphatic carboxylic acids is 1. The van der Waals surface area contributed by atoms with Crippen molar-refractivity contribution >= 4 is 11.5 Å². The summed E-state index contributed by atoms with van der Waals surface area (Å²) >= 11 is 0. The zero-order valence-corrected chi connectivity index (χ0v) is 14.6. The molecule has 1 rings (SSSR count). The number of aryl methyl sites for hydroxylation is 1. The number of benzene rings is 1. The predicted molar refractivity (Wildman–Crippen MR) is 91.6 cm³/mol. The SMILES string of the molecule is CCOc1c(/C(=C/CC(=O)O)CC)cc(C)cc1C(C)(C)C. The van der Waals surface area contributed by atoms with E-state index in [4.69, 9.17) is 9.84 Å². The third-order valence-electron chi connectivity index (χ3n) is 3.58. The van der Waals surface area contributed by atoms with Gasteiger partial charge >= 0.3 is 5.97 Å². The highest BCUT2D eigenvalue weighted by Gasteiger charge is 2.23. The first-order valence-electron chi connectivity index (χ1n) is 7.89. The summed E-state index contributed by atoms with van der Waals surface area (Å²) < 4.78 is 5.95. The van der Waals surface area contributed by atoms with Gasteiger partial charge in [-0.3, -0.25) is 4.79 Å². The molecule has 0 saturated carbocycles. The van der Waals surface area contributed by atoms with Gasteiger partial charge in [0.25, 0.3) is 0 Å².